The van der Waals surface area contributed by atoms with Crippen LogP contribution in [0.15, 0.2) is 102 Å². The van der Waals surface area contributed by atoms with Gasteiger partial charge in [-0.25, -0.2) is 4.98 Å². The van der Waals surface area contributed by atoms with Gasteiger partial charge < -0.3 is 20.5 Å². The summed E-state index contributed by atoms with van der Waals surface area (Å²) in [7, 11) is 1.66. The van der Waals surface area contributed by atoms with Gasteiger partial charge in [0.05, 0.1) is 5.69 Å². The lowest BCUT2D eigenvalue weighted by Crippen LogP contribution is -2.23. The van der Waals surface area contributed by atoms with Crippen molar-refractivity contribution in [3.63, 3.8) is 0 Å². The largest absolute Gasteiger partial charge is 0.348 e. The van der Waals surface area contributed by atoms with Crippen LogP contribution in [-0.2, 0) is 19.0 Å². The molecule has 2 heterocycles. The number of aromatic nitrogens is 3. The number of pyridine rings is 1. The van der Waals surface area contributed by atoms with Gasteiger partial charge in [-0.3, -0.25) is 19.4 Å². The van der Waals surface area contributed by atoms with Crippen molar-refractivity contribution in [3.8, 4) is 11.3 Å². The zero-order valence-electron chi connectivity index (χ0n) is 26.0. The van der Waals surface area contributed by atoms with Crippen molar-refractivity contribution < 1.29 is 9.59 Å². The molecule has 228 valence electrons. The van der Waals surface area contributed by atoms with E-state index in [1.807, 2.05) is 61.5 Å². The molecule has 45 heavy (non-hydrogen) atoms. The van der Waals surface area contributed by atoms with E-state index < -0.39 is 0 Å². The lowest BCUT2D eigenvalue weighted by molar-refractivity contribution is 0.0950. The molecule has 2 aromatic heterocycles. The van der Waals surface area contributed by atoms with Crippen LogP contribution in [0.2, 0.25) is 0 Å². The van der Waals surface area contributed by atoms with E-state index in [1.54, 1.807) is 49.9 Å². The van der Waals surface area contributed by atoms with Crippen LogP contribution >= 0.6 is 0 Å². The zero-order chi connectivity index (χ0) is 32.1. The van der Waals surface area contributed by atoms with Crippen molar-refractivity contribution in [1.29, 1.82) is 0 Å². The Morgan fingerprint density at radius 1 is 0.867 bits per heavy atom. The van der Waals surface area contributed by atoms with Gasteiger partial charge in [0.1, 0.15) is 0 Å². The highest BCUT2D eigenvalue weighted by molar-refractivity contribution is 6.05. The highest BCUT2D eigenvalue weighted by Gasteiger charge is 2.17. The summed E-state index contributed by atoms with van der Waals surface area (Å²) in [6.07, 6.45) is 5.06. The number of aryl methyl sites for hydroxylation is 1. The van der Waals surface area contributed by atoms with Crippen LogP contribution in [0.4, 0.5) is 17.2 Å². The number of carbonyl (C=O) groups excluding carboxylic acids is 2. The first kappa shape index (κ1) is 30.9. The first-order valence-corrected chi connectivity index (χ1v) is 14.6. The number of hydrogen-bond donors (Lipinski definition) is 3. The molecule has 0 saturated carbocycles. The van der Waals surface area contributed by atoms with E-state index >= 15 is 0 Å². The van der Waals surface area contributed by atoms with Crippen molar-refractivity contribution in [1.82, 2.24) is 19.9 Å². The van der Waals surface area contributed by atoms with Crippen LogP contribution < -0.4 is 21.5 Å². The smallest absolute Gasteiger partial charge is 0.293 e. The second kappa shape index (κ2) is 13.0. The molecule has 0 spiro atoms. The van der Waals surface area contributed by atoms with E-state index in [2.05, 4.69) is 46.7 Å². The number of rotatable bonds is 8. The topological polar surface area (TPSA) is 118 Å². The maximum Gasteiger partial charge on any atom is 0.293 e. The maximum atomic E-state index is 13.1. The molecule has 2 amide bonds. The van der Waals surface area contributed by atoms with E-state index in [-0.39, 0.29) is 28.6 Å². The molecule has 5 rings (SSSR count). The first-order chi connectivity index (χ1) is 21.5. The van der Waals surface area contributed by atoms with Gasteiger partial charge in [-0.15, -0.1) is 0 Å². The van der Waals surface area contributed by atoms with Gasteiger partial charge in [-0.2, -0.15) is 0 Å². The number of amides is 2. The minimum absolute atomic E-state index is 0.00270. The lowest BCUT2D eigenvalue weighted by atomic mass is 9.86. The van der Waals surface area contributed by atoms with Crippen molar-refractivity contribution in [2.24, 2.45) is 7.05 Å². The fourth-order valence-electron chi connectivity index (χ4n) is 4.81. The fraction of sp³-hybridized carbons (Fsp3) is 0.194. The van der Waals surface area contributed by atoms with E-state index in [1.165, 1.54) is 4.57 Å². The Morgan fingerprint density at radius 2 is 1.56 bits per heavy atom. The molecule has 3 N–H and O–H groups in total. The Hall–Kier alpha value is -5.57. The summed E-state index contributed by atoms with van der Waals surface area (Å²) in [5, 5.41) is 8.99. The molecule has 0 atom stereocenters. The summed E-state index contributed by atoms with van der Waals surface area (Å²) in [6.45, 7) is 8.68. The van der Waals surface area contributed by atoms with Gasteiger partial charge in [0.2, 0.25) is 0 Å². The molecule has 0 saturated heterocycles. The van der Waals surface area contributed by atoms with Crippen molar-refractivity contribution in [2.75, 3.05) is 10.6 Å². The molecule has 5 aromatic rings. The van der Waals surface area contributed by atoms with Gasteiger partial charge in [0.25, 0.3) is 17.4 Å². The molecule has 3 aromatic carbocycles. The third-order valence-electron chi connectivity index (χ3n) is 7.53. The Bertz CT molecular complexity index is 1890. The quantitative estimate of drug-likeness (QED) is 0.190. The molecular formula is C36H36N6O3. The normalized spacial score (nSPS) is 11.1. The van der Waals surface area contributed by atoms with Crippen molar-refractivity contribution in [2.45, 2.75) is 39.7 Å². The highest BCUT2D eigenvalue weighted by atomic mass is 16.2. The summed E-state index contributed by atoms with van der Waals surface area (Å²) >= 11 is 0. The van der Waals surface area contributed by atoms with E-state index in [0.29, 0.717) is 34.7 Å². The second-order valence-electron chi connectivity index (χ2n) is 11.9. The van der Waals surface area contributed by atoms with E-state index in [0.717, 1.165) is 22.3 Å². The predicted octanol–water partition coefficient (Wildman–Crippen LogP) is 6.37. The predicted molar refractivity (Wildman–Crippen MR) is 178 cm³/mol. The molecule has 9 nitrogen and oxygen atoms in total. The summed E-state index contributed by atoms with van der Waals surface area (Å²) < 4.78 is 1.46. The molecule has 0 radical (unpaired) electrons. The minimum Gasteiger partial charge on any atom is -0.348 e. The molecule has 0 fully saturated rings. The summed E-state index contributed by atoms with van der Waals surface area (Å²) in [6, 6.07) is 23.7. The Balaban J connectivity index is 1.32. The Labute approximate surface area is 262 Å². The minimum atomic E-state index is -0.308. The van der Waals surface area contributed by atoms with Crippen LogP contribution in [0.1, 0.15) is 58.2 Å². The number of hydrogen-bond acceptors (Lipinski definition) is 6. The first-order valence-electron chi connectivity index (χ1n) is 14.6. The van der Waals surface area contributed by atoms with Gasteiger partial charge in [0, 0.05) is 60.2 Å². The summed E-state index contributed by atoms with van der Waals surface area (Å²) in [5.41, 5.74) is 6.21. The SMILES string of the molecule is Cc1c(NC(=O)c2ccc(C(C)(C)C)cc2)cccc1-c1cn(C)c(=O)c(Nc2ccc(C(=O)NCc3cccnc3)cc2)n1. The highest BCUT2D eigenvalue weighted by Crippen LogP contribution is 2.29. The maximum absolute atomic E-state index is 13.1. The molecule has 9 heteroatoms. The Kier molecular flexibility index (Phi) is 8.90. The zero-order valence-corrected chi connectivity index (χ0v) is 26.0. The van der Waals surface area contributed by atoms with E-state index in [9.17, 15) is 14.4 Å². The number of nitrogens with one attached hydrogen (secondary N) is 3. The second-order valence-corrected chi connectivity index (χ2v) is 11.9. The average molecular weight is 601 g/mol. The Morgan fingerprint density at radius 3 is 2.22 bits per heavy atom. The van der Waals surface area contributed by atoms with Crippen LogP contribution in [0, 0.1) is 6.92 Å². The standard InChI is InChI=1S/C36H36N6O3/c1-23-29(9-6-10-30(23)41-34(44)26-11-15-27(16-12-26)36(2,3)4)31-22-42(5)35(45)32(40-31)39-28-17-13-25(14-18-28)33(43)38-21-24-8-7-19-37-20-24/h6-20,22H,21H2,1-5H3,(H,38,43)(H,39,40)(H,41,44). The lowest BCUT2D eigenvalue weighted by Gasteiger charge is -2.19. The molecule has 0 unspecified atom stereocenters. The molecule has 0 aliphatic rings. The van der Waals surface area contributed by atoms with Crippen molar-refractivity contribution >= 4 is 29.0 Å². The summed E-state index contributed by atoms with van der Waals surface area (Å²) in [5.74, 6) is -0.289. The third kappa shape index (κ3) is 7.33. The number of carbonyl (C=O) groups is 2. The van der Waals surface area contributed by atoms with Crippen LogP contribution in [0.3, 0.4) is 0 Å². The van der Waals surface area contributed by atoms with Gasteiger partial charge >= 0.3 is 0 Å². The van der Waals surface area contributed by atoms with E-state index in [4.69, 9.17) is 0 Å². The van der Waals surface area contributed by atoms with Crippen LogP contribution in [0.5, 0.6) is 0 Å². The van der Waals surface area contributed by atoms with Crippen LogP contribution in [0.25, 0.3) is 11.3 Å². The molecule has 0 bridgehead atoms. The molecular weight excluding hydrogens is 564 g/mol. The number of benzene rings is 3. The molecule has 0 aliphatic carbocycles. The van der Waals surface area contributed by atoms with Gasteiger partial charge in [0.15, 0.2) is 5.82 Å². The van der Waals surface area contributed by atoms with Crippen LogP contribution in [-0.4, -0.2) is 26.3 Å². The number of anilines is 3. The third-order valence-corrected chi connectivity index (χ3v) is 7.53. The molecule has 0 aliphatic heterocycles. The van der Waals surface area contributed by atoms with Gasteiger partial charge in [-0.05, 0) is 77.6 Å². The van der Waals surface area contributed by atoms with Gasteiger partial charge in [-0.1, -0.05) is 51.1 Å². The number of nitrogens with zero attached hydrogens (tertiary/aromatic N) is 3. The average Bonchev–Trinajstić information content (AvgIpc) is 3.03. The summed E-state index contributed by atoms with van der Waals surface area (Å²) in [4.78, 5) is 47.4. The monoisotopic (exact) mass is 600 g/mol. The van der Waals surface area contributed by atoms with Crippen molar-refractivity contribution in [3.05, 3.63) is 136 Å². The fourth-order valence-corrected chi connectivity index (χ4v) is 4.81.